The van der Waals surface area contributed by atoms with Crippen LogP contribution in [-0.4, -0.2) is 41.6 Å². The van der Waals surface area contributed by atoms with Gasteiger partial charge in [-0.15, -0.1) is 0 Å². The summed E-state index contributed by atoms with van der Waals surface area (Å²) < 4.78 is 167. The third kappa shape index (κ3) is 4.63. The zero-order chi connectivity index (χ0) is 26.3. The van der Waals surface area contributed by atoms with E-state index in [2.05, 4.69) is 4.74 Å². The number of carbonyl (C=O) groups excluding carboxylic acids is 2. The van der Waals surface area contributed by atoms with E-state index in [0.29, 0.717) is 0 Å². The molecule has 0 spiro atoms. The summed E-state index contributed by atoms with van der Waals surface area (Å²) in [5.74, 6) is -44.6. The Labute approximate surface area is 177 Å². The third-order valence-electron chi connectivity index (χ3n) is 4.27. The lowest BCUT2D eigenvalue weighted by molar-refractivity contribution is -0.425. The molecule has 0 bridgehead atoms. The molecule has 0 aliphatic heterocycles. The van der Waals surface area contributed by atoms with Crippen LogP contribution in [-0.2, 0) is 15.5 Å². The fraction of sp³-hybridized carbons (Fsp3) is 0.556. The highest BCUT2D eigenvalue weighted by atomic mass is 19.4. The molecule has 0 heterocycles. The molecule has 1 aromatic carbocycles. The van der Waals surface area contributed by atoms with Gasteiger partial charge in [-0.25, -0.2) is 4.79 Å². The second-order valence-corrected chi connectivity index (χ2v) is 6.85. The van der Waals surface area contributed by atoms with Crippen molar-refractivity contribution in [2.75, 3.05) is 0 Å². The summed E-state index contributed by atoms with van der Waals surface area (Å²) in [6.07, 6.45) is 0.00701. The Morgan fingerprint density at radius 3 is 1.55 bits per heavy atom. The standard InChI is InChI=1S/C18H14F12O3/c1-3-4-11(31)33-12(32)9-5-7-10(8-6-9)14(21,22)16(25,26)18(29,30)17(27,28)15(23,24)13(2,19)20/h5-8H,3-4H2,1-2H3. The third-order valence-corrected chi connectivity index (χ3v) is 4.27. The molecule has 0 atom stereocenters. The number of benzene rings is 1. The van der Waals surface area contributed by atoms with Gasteiger partial charge < -0.3 is 4.74 Å². The van der Waals surface area contributed by atoms with E-state index < -0.39 is 65.5 Å². The zero-order valence-corrected chi connectivity index (χ0v) is 16.5. The molecule has 0 unspecified atom stereocenters. The van der Waals surface area contributed by atoms with E-state index in [1.807, 2.05) is 0 Å². The van der Waals surface area contributed by atoms with Gasteiger partial charge in [0.05, 0.1) is 5.56 Å². The first-order valence-electron chi connectivity index (χ1n) is 8.72. The van der Waals surface area contributed by atoms with Gasteiger partial charge in [0.2, 0.25) is 0 Å². The van der Waals surface area contributed by atoms with Crippen LogP contribution in [0.25, 0.3) is 0 Å². The van der Waals surface area contributed by atoms with Gasteiger partial charge in [0.15, 0.2) is 0 Å². The van der Waals surface area contributed by atoms with Crippen LogP contribution in [0.4, 0.5) is 52.7 Å². The van der Waals surface area contributed by atoms with E-state index in [4.69, 9.17) is 0 Å². The number of hydrogen-bond donors (Lipinski definition) is 0. The molecule has 0 N–H and O–H groups in total. The molecule has 0 saturated heterocycles. The summed E-state index contributed by atoms with van der Waals surface area (Å²) in [6.45, 7) is 0.538. The van der Waals surface area contributed by atoms with Crippen LogP contribution in [0.15, 0.2) is 24.3 Å². The Hall–Kier alpha value is -2.48. The molecule has 33 heavy (non-hydrogen) atoms. The van der Waals surface area contributed by atoms with Crippen molar-refractivity contribution >= 4 is 11.9 Å². The van der Waals surface area contributed by atoms with E-state index in [-0.39, 0.29) is 37.1 Å². The summed E-state index contributed by atoms with van der Waals surface area (Å²) >= 11 is 0. The highest BCUT2D eigenvalue weighted by Gasteiger charge is 2.89. The molecular formula is C18H14F12O3. The minimum Gasteiger partial charge on any atom is -0.389 e. The Bertz CT molecular complexity index is 873. The van der Waals surface area contributed by atoms with E-state index in [0.717, 1.165) is 0 Å². The van der Waals surface area contributed by atoms with Crippen molar-refractivity contribution in [3.8, 4) is 0 Å². The summed E-state index contributed by atoms with van der Waals surface area (Å²) in [7, 11) is 0. The molecule has 3 nitrogen and oxygen atoms in total. The summed E-state index contributed by atoms with van der Waals surface area (Å²) in [5, 5.41) is 0. The van der Waals surface area contributed by atoms with Crippen LogP contribution in [0.5, 0.6) is 0 Å². The molecule has 1 aromatic rings. The van der Waals surface area contributed by atoms with Crippen LogP contribution in [0.2, 0.25) is 0 Å². The second-order valence-electron chi connectivity index (χ2n) is 6.85. The Morgan fingerprint density at radius 1 is 0.727 bits per heavy atom. The molecule has 0 amide bonds. The van der Waals surface area contributed by atoms with Gasteiger partial charge in [0.1, 0.15) is 0 Å². The van der Waals surface area contributed by atoms with Gasteiger partial charge in [-0.3, -0.25) is 4.79 Å². The van der Waals surface area contributed by atoms with E-state index in [1.165, 1.54) is 6.92 Å². The summed E-state index contributed by atoms with van der Waals surface area (Å²) in [4.78, 5) is 22.8. The smallest absolute Gasteiger partial charge is 0.385 e. The topological polar surface area (TPSA) is 43.4 Å². The number of carbonyl (C=O) groups is 2. The van der Waals surface area contributed by atoms with Crippen molar-refractivity contribution in [1.82, 2.24) is 0 Å². The Morgan fingerprint density at radius 2 is 1.15 bits per heavy atom. The quantitative estimate of drug-likeness (QED) is 0.220. The average molecular weight is 506 g/mol. The van der Waals surface area contributed by atoms with Gasteiger partial charge in [0.25, 0.3) is 0 Å². The summed E-state index contributed by atoms with van der Waals surface area (Å²) in [5.41, 5.74) is -2.89. The number of halogens is 12. The molecule has 0 radical (unpaired) electrons. The maximum atomic E-state index is 14.1. The number of hydrogen-bond acceptors (Lipinski definition) is 3. The largest absolute Gasteiger partial charge is 0.389 e. The highest BCUT2D eigenvalue weighted by molar-refractivity contribution is 5.96. The fourth-order valence-corrected chi connectivity index (χ4v) is 2.28. The highest BCUT2D eigenvalue weighted by Crippen LogP contribution is 2.61. The van der Waals surface area contributed by atoms with Crippen LogP contribution in [0, 0.1) is 0 Å². The van der Waals surface area contributed by atoms with Crippen LogP contribution >= 0.6 is 0 Å². The molecule has 188 valence electrons. The van der Waals surface area contributed by atoms with Crippen molar-refractivity contribution < 1.29 is 67.0 Å². The number of alkyl halides is 12. The first-order chi connectivity index (χ1) is 14.6. The molecule has 0 aliphatic carbocycles. The monoisotopic (exact) mass is 506 g/mol. The molecule has 0 aliphatic rings. The van der Waals surface area contributed by atoms with E-state index in [1.54, 1.807) is 0 Å². The molecule has 1 rings (SSSR count). The first-order valence-corrected chi connectivity index (χ1v) is 8.72. The fourth-order valence-electron chi connectivity index (χ4n) is 2.28. The maximum Gasteiger partial charge on any atom is 0.385 e. The van der Waals surface area contributed by atoms with E-state index in [9.17, 15) is 62.3 Å². The number of ether oxygens (including phenoxy) is 1. The SMILES string of the molecule is CCCC(=O)OC(=O)c1ccc(C(F)(F)C(F)(F)C(F)(F)C(F)(F)C(F)(F)C(C)(F)F)cc1. The lowest BCUT2D eigenvalue weighted by Crippen LogP contribution is -2.69. The predicted molar refractivity (Wildman–Crippen MR) is 86.1 cm³/mol. The number of rotatable bonds is 9. The van der Waals surface area contributed by atoms with Crippen molar-refractivity contribution in [3.05, 3.63) is 35.4 Å². The Balaban J connectivity index is 3.38. The Kier molecular flexibility index (Phi) is 7.53. The molecule has 0 fully saturated rings. The predicted octanol–water partition coefficient (Wildman–Crippen LogP) is 6.46. The molecular weight excluding hydrogens is 492 g/mol. The van der Waals surface area contributed by atoms with E-state index >= 15 is 0 Å². The van der Waals surface area contributed by atoms with Crippen LogP contribution in [0.3, 0.4) is 0 Å². The van der Waals surface area contributed by atoms with Crippen molar-refractivity contribution in [3.63, 3.8) is 0 Å². The van der Waals surface area contributed by atoms with Crippen LogP contribution < -0.4 is 0 Å². The zero-order valence-electron chi connectivity index (χ0n) is 16.5. The lowest BCUT2D eigenvalue weighted by Gasteiger charge is -2.40. The van der Waals surface area contributed by atoms with Gasteiger partial charge >= 0.3 is 47.5 Å². The van der Waals surface area contributed by atoms with Gasteiger partial charge in [0, 0.05) is 18.9 Å². The molecule has 15 heteroatoms. The minimum absolute atomic E-state index is 0.129. The van der Waals surface area contributed by atoms with Crippen LogP contribution in [0.1, 0.15) is 42.6 Å². The van der Waals surface area contributed by atoms with Crippen molar-refractivity contribution in [2.24, 2.45) is 0 Å². The van der Waals surface area contributed by atoms with Gasteiger partial charge in [-0.05, 0) is 18.6 Å². The molecule has 0 saturated carbocycles. The number of esters is 2. The molecule has 0 aromatic heterocycles. The average Bonchev–Trinajstić information content (AvgIpc) is 2.66. The van der Waals surface area contributed by atoms with Gasteiger partial charge in [-0.1, -0.05) is 19.1 Å². The normalized spacial score (nSPS) is 14.2. The first kappa shape index (κ1) is 28.6. The van der Waals surface area contributed by atoms with Crippen molar-refractivity contribution in [1.29, 1.82) is 0 Å². The van der Waals surface area contributed by atoms with Crippen molar-refractivity contribution in [2.45, 2.75) is 62.2 Å². The maximum absolute atomic E-state index is 14.1. The lowest BCUT2D eigenvalue weighted by atomic mass is 9.89. The van der Waals surface area contributed by atoms with Gasteiger partial charge in [-0.2, -0.15) is 52.7 Å². The summed E-state index contributed by atoms with van der Waals surface area (Å²) in [6, 6.07) is 0.281. The minimum atomic E-state index is -7.68. The second kappa shape index (κ2) is 8.70.